The van der Waals surface area contributed by atoms with Gasteiger partial charge in [0.25, 0.3) is 5.56 Å². The Morgan fingerprint density at radius 3 is 2.94 bits per heavy atom. The molecule has 5 nitrogen and oxygen atoms in total. The van der Waals surface area contributed by atoms with E-state index in [0.29, 0.717) is 30.9 Å². The van der Waals surface area contributed by atoms with Crippen LogP contribution in [0.15, 0.2) is 9.95 Å². The third kappa shape index (κ3) is 1.52. The van der Waals surface area contributed by atoms with Crippen LogP contribution in [-0.2, 0) is 13.0 Å². The maximum Gasteiger partial charge on any atom is 0.257 e. The van der Waals surface area contributed by atoms with Crippen molar-refractivity contribution in [2.45, 2.75) is 39.7 Å². The molecule has 0 aliphatic carbocycles. The van der Waals surface area contributed by atoms with Crippen molar-refractivity contribution >= 4 is 5.71 Å². The van der Waals surface area contributed by atoms with Crippen LogP contribution in [0.25, 0.3) is 0 Å². The fourth-order valence-corrected chi connectivity index (χ4v) is 2.15. The van der Waals surface area contributed by atoms with Crippen LogP contribution in [0.4, 0.5) is 0 Å². The van der Waals surface area contributed by atoms with Crippen molar-refractivity contribution in [3.63, 3.8) is 0 Å². The second-order valence-corrected chi connectivity index (χ2v) is 3.96. The van der Waals surface area contributed by atoms with Gasteiger partial charge in [0, 0.05) is 17.8 Å². The Bertz CT molecular complexity index is 503. The van der Waals surface area contributed by atoms with Gasteiger partial charge in [-0.1, -0.05) is 12.1 Å². The number of hydrogen-bond donors (Lipinski definition) is 1. The first kappa shape index (κ1) is 10.9. The van der Waals surface area contributed by atoms with Gasteiger partial charge < -0.3 is 5.21 Å². The zero-order valence-electron chi connectivity index (χ0n) is 9.53. The molecule has 0 bridgehead atoms. The zero-order chi connectivity index (χ0) is 11.7. The van der Waals surface area contributed by atoms with Gasteiger partial charge in [-0.15, -0.1) is 0 Å². The lowest BCUT2D eigenvalue weighted by Gasteiger charge is -2.19. The number of hydrogen-bond acceptors (Lipinski definition) is 4. The van der Waals surface area contributed by atoms with Gasteiger partial charge in [0.1, 0.15) is 5.71 Å². The summed E-state index contributed by atoms with van der Waals surface area (Å²) in [5.74, 6) is 0.522. The first-order chi connectivity index (χ1) is 7.69. The van der Waals surface area contributed by atoms with Crippen LogP contribution in [0.5, 0.6) is 0 Å². The minimum Gasteiger partial charge on any atom is -0.411 e. The molecule has 86 valence electrons. The third-order valence-corrected chi connectivity index (χ3v) is 3.00. The van der Waals surface area contributed by atoms with Crippen LogP contribution >= 0.6 is 0 Å². The van der Waals surface area contributed by atoms with Crippen LogP contribution < -0.4 is 5.56 Å². The minimum atomic E-state index is 0.00542. The summed E-state index contributed by atoms with van der Waals surface area (Å²) in [5, 5.41) is 12.1. The highest BCUT2D eigenvalue weighted by molar-refractivity contribution is 5.97. The summed E-state index contributed by atoms with van der Waals surface area (Å²) in [6.45, 7) is 4.43. The molecule has 1 aromatic heterocycles. The summed E-state index contributed by atoms with van der Waals surface area (Å²) in [7, 11) is 0. The van der Waals surface area contributed by atoms with E-state index in [1.807, 2.05) is 13.8 Å². The first-order valence-corrected chi connectivity index (χ1v) is 5.50. The largest absolute Gasteiger partial charge is 0.411 e. The number of oxime groups is 1. The van der Waals surface area contributed by atoms with Gasteiger partial charge in [0.15, 0.2) is 5.82 Å². The van der Waals surface area contributed by atoms with Crippen LogP contribution in [0.2, 0.25) is 0 Å². The standard InChI is InChI=1S/C11H15N3O2/c1-3-8-7(2)12-10-9(13-16)5-4-6-14(10)11(8)15/h16H,3-6H2,1-2H3/b13-9-. The van der Waals surface area contributed by atoms with E-state index in [1.54, 1.807) is 4.57 Å². The average molecular weight is 221 g/mol. The van der Waals surface area contributed by atoms with Crippen molar-refractivity contribution in [1.82, 2.24) is 9.55 Å². The predicted molar refractivity (Wildman–Crippen MR) is 60.2 cm³/mol. The van der Waals surface area contributed by atoms with Crippen LogP contribution in [0.3, 0.4) is 0 Å². The van der Waals surface area contributed by atoms with Crippen LogP contribution in [-0.4, -0.2) is 20.5 Å². The Kier molecular flexibility index (Phi) is 2.77. The normalized spacial score (nSPS) is 17.5. The van der Waals surface area contributed by atoms with Gasteiger partial charge in [-0.25, -0.2) is 4.98 Å². The number of aryl methyl sites for hydroxylation is 1. The lowest BCUT2D eigenvalue weighted by molar-refractivity contribution is 0.315. The van der Waals surface area contributed by atoms with Crippen LogP contribution in [0, 0.1) is 6.92 Å². The van der Waals surface area contributed by atoms with Crippen molar-refractivity contribution in [2.24, 2.45) is 5.16 Å². The molecule has 1 aliphatic heterocycles. The smallest absolute Gasteiger partial charge is 0.257 e. The molecule has 0 spiro atoms. The molecule has 1 aliphatic rings. The Balaban J connectivity index is 2.72. The third-order valence-electron chi connectivity index (χ3n) is 3.00. The molecule has 16 heavy (non-hydrogen) atoms. The highest BCUT2D eigenvalue weighted by Crippen LogP contribution is 2.13. The summed E-state index contributed by atoms with van der Waals surface area (Å²) in [5.41, 5.74) is 2.00. The molecule has 0 radical (unpaired) electrons. The molecule has 0 saturated heterocycles. The maximum atomic E-state index is 12.1. The van der Waals surface area contributed by atoms with E-state index >= 15 is 0 Å². The summed E-state index contributed by atoms with van der Waals surface area (Å²) < 4.78 is 1.62. The lowest BCUT2D eigenvalue weighted by atomic mass is 10.1. The van der Waals surface area contributed by atoms with Gasteiger partial charge in [0.2, 0.25) is 0 Å². The molecule has 1 N–H and O–H groups in total. The maximum absolute atomic E-state index is 12.1. The molecule has 0 atom stereocenters. The first-order valence-electron chi connectivity index (χ1n) is 5.50. The molecular formula is C11H15N3O2. The molecular weight excluding hydrogens is 206 g/mol. The van der Waals surface area contributed by atoms with E-state index in [-0.39, 0.29) is 5.56 Å². The lowest BCUT2D eigenvalue weighted by Crippen LogP contribution is -2.34. The molecule has 5 heteroatoms. The summed E-state index contributed by atoms with van der Waals surface area (Å²) in [6, 6.07) is 0. The molecule has 0 aromatic carbocycles. The number of fused-ring (bicyclic) bond motifs is 1. The zero-order valence-corrected chi connectivity index (χ0v) is 9.53. The van der Waals surface area contributed by atoms with Gasteiger partial charge in [-0.3, -0.25) is 9.36 Å². The molecule has 0 fully saturated rings. The highest BCUT2D eigenvalue weighted by atomic mass is 16.4. The topological polar surface area (TPSA) is 67.5 Å². The summed E-state index contributed by atoms with van der Waals surface area (Å²) >= 11 is 0. The van der Waals surface area contributed by atoms with E-state index in [4.69, 9.17) is 5.21 Å². The van der Waals surface area contributed by atoms with Crippen molar-refractivity contribution in [1.29, 1.82) is 0 Å². The van der Waals surface area contributed by atoms with Crippen molar-refractivity contribution < 1.29 is 5.21 Å². The second kappa shape index (κ2) is 4.08. The summed E-state index contributed by atoms with van der Waals surface area (Å²) in [4.78, 5) is 16.5. The van der Waals surface area contributed by atoms with E-state index < -0.39 is 0 Å². The van der Waals surface area contributed by atoms with Gasteiger partial charge >= 0.3 is 0 Å². The van der Waals surface area contributed by atoms with E-state index in [0.717, 1.165) is 17.7 Å². The molecule has 0 saturated carbocycles. The molecule has 2 heterocycles. The molecule has 0 unspecified atom stereocenters. The van der Waals surface area contributed by atoms with Crippen LogP contribution in [0.1, 0.15) is 36.8 Å². The number of aromatic nitrogens is 2. The predicted octanol–water partition coefficient (Wildman–Crippen LogP) is 1.09. The second-order valence-electron chi connectivity index (χ2n) is 3.96. The van der Waals surface area contributed by atoms with Crippen molar-refractivity contribution in [3.8, 4) is 0 Å². The van der Waals surface area contributed by atoms with E-state index in [1.165, 1.54) is 0 Å². The van der Waals surface area contributed by atoms with Gasteiger partial charge in [-0.2, -0.15) is 0 Å². The average Bonchev–Trinajstić information content (AvgIpc) is 2.29. The SMILES string of the molecule is CCc1c(C)nc2n(c1=O)CCC/C2=N/O. The Hall–Kier alpha value is -1.65. The van der Waals surface area contributed by atoms with Crippen molar-refractivity contribution in [3.05, 3.63) is 27.4 Å². The minimum absolute atomic E-state index is 0.00542. The fraction of sp³-hybridized carbons (Fsp3) is 0.545. The molecule has 1 aromatic rings. The van der Waals surface area contributed by atoms with E-state index in [9.17, 15) is 4.79 Å². The molecule has 2 rings (SSSR count). The quantitative estimate of drug-likeness (QED) is 0.570. The van der Waals surface area contributed by atoms with Crippen molar-refractivity contribution in [2.75, 3.05) is 0 Å². The number of nitrogens with zero attached hydrogens (tertiary/aromatic N) is 3. The molecule has 0 amide bonds. The van der Waals surface area contributed by atoms with E-state index in [2.05, 4.69) is 10.1 Å². The van der Waals surface area contributed by atoms with Gasteiger partial charge in [0.05, 0.1) is 0 Å². The Morgan fingerprint density at radius 2 is 2.31 bits per heavy atom. The number of rotatable bonds is 1. The van der Waals surface area contributed by atoms with Gasteiger partial charge in [-0.05, 0) is 26.2 Å². The fourth-order valence-electron chi connectivity index (χ4n) is 2.15. The highest BCUT2D eigenvalue weighted by Gasteiger charge is 2.21. The summed E-state index contributed by atoms with van der Waals surface area (Å²) in [6.07, 6.45) is 2.18. The Morgan fingerprint density at radius 1 is 1.56 bits per heavy atom. The Labute approximate surface area is 93.4 Å². The monoisotopic (exact) mass is 221 g/mol.